The highest BCUT2D eigenvalue weighted by Crippen LogP contribution is 1.94. The quantitative estimate of drug-likeness (QED) is 0.560. The van der Waals surface area contributed by atoms with Crippen LogP contribution in [0.25, 0.3) is 0 Å². The number of hydrogen-bond acceptors (Lipinski definition) is 4. The van der Waals surface area contributed by atoms with Crippen LogP contribution in [-0.2, 0) is 0 Å². The minimum absolute atomic E-state index is 0.103. The third-order valence-electron chi connectivity index (χ3n) is 0.891. The van der Waals surface area contributed by atoms with Crippen LogP contribution in [0.5, 0.6) is 0 Å². The Labute approximate surface area is 56.5 Å². The molecule has 10 heavy (non-hydrogen) atoms. The van der Waals surface area contributed by atoms with Crippen LogP contribution in [-0.4, -0.2) is 21.0 Å². The molecule has 0 saturated carbocycles. The summed E-state index contributed by atoms with van der Waals surface area (Å²) in [5.74, 6) is -0.891. The van der Waals surface area contributed by atoms with E-state index in [0.717, 1.165) is 6.20 Å². The molecule has 1 heterocycles. The molecule has 0 unspecified atom stereocenters. The predicted octanol–water partition coefficient (Wildman–Crippen LogP) is -0.243. The molecule has 0 radical (unpaired) electrons. The van der Waals surface area contributed by atoms with Gasteiger partial charge in [0.05, 0.1) is 12.4 Å². The van der Waals surface area contributed by atoms with Crippen molar-refractivity contribution in [3.63, 3.8) is 0 Å². The molecule has 0 aliphatic carbocycles. The van der Waals surface area contributed by atoms with E-state index < -0.39 is 5.97 Å². The van der Waals surface area contributed by atoms with Crippen molar-refractivity contribution in [2.24, 2.45) is 0 Å². The number of aromatic nitrogens is 2. The summed E-state index contributed by atoms with van der Waals surface area (Å²) in [5, 5.41) is 8.33. The topological polar surface area (TPSA) is 89.1 Å². The van der Waals surface area contributed by atoms with Gasteiger partial charge in [0.15, 0.2) is 5.69 Å². The van der Waals surface area contributed by atoms with Gasteiger partial charge in [-0.15, -0.1) is 0 Å². The maximum Gasteiger partial charge on any atom is 0.356 e. The number of rotatable bonds is 1. The van der Waals surface area contributed by atoms with Crippen LogP contribution < -0.4 is 5.73 Å². The molecule has 3 N–H and O–H groups in total. The maximum atomic E-state index is 10.2. The summed E-state index contributed by atoms with van der Waals surface area (Å²) in [6, 6.07) is 0. The SMILES string of the molecule is Nc1cnc(C(=O)O)cn1. The molecule has 0 fully saturated rings. The van der Waals surface area contributed by atoms with Gasteiger partial charge in [0.25, 0.3) is 0 Å². The molecule has 5 nitrogen and oxygen atoms in total. The van der Waals surface area contributed by atoms with E-state index in [2.05, 4.69) is 9.97 Å². The van der Waals surface area contributed by atoms with E-state index >= 15 is 0 Å². The van der Waals surface area contributed by atoms with Gasteiger partial charge in [-0.25, -0.2) is 14.8 Å². The Morgan fingerprint density at radius 3 is 2.60 bits per heavy atom. The summed E-state index contributed by atoms with van der Waals surface area (Å²) in [5.41, 5.74) is 5.06. The number of nitrogen functional groups attached to an aromatic ring is 1. The number of carboxylic acid groups (broad SMARTS) is 1. The van der Waals surface area contributed by atoms with Gasteiger partial charge in [-0.2, -0.15) is 0 Å². The van der Waals surface area contributed by atoms with E-state index in [1.807, 2.05) is 0 Å². The molecule has 0 bridgehead atoms. The molecule has 1 rings (SSSR count). The van der Waals surface area contributed by atoms with Crippen LogP contribution in [0.2, 0.25) is 0 Å². The first-order valence-electron chi connectivity index (χ1n) is 2.51. The fourth-order valence-electron chi connectivity index (χ4n) is 0.448. The van der Waals surface area contributed by atoms with E-state index in [1.54, 1.807) is 0 Å². The Hall–Kier alpha value is -1.65. The molecule has 0 atom stereocenters. The van der Waals surface area contributed by atoms with Crippen LogP contribution in [0.3, 0.4) is 0 Å². The first-order chi connectivity index (χ1) is 4.70. The van der Waals surface area contributed by atoms with E-state index in [0.29, 0.717) is 0 Å². The van der Waals surface area contributed by atoms with Crippen molar-refractivity contribution < 1.29 is 9.90 Å². The van der Waals surface area contributed by atoms with E-state index in [1.165, 1.54) is 6.20 Å². The van der Waals surface area contributed by atoms with E-state index in [9.17, 15) is 4.79 Å². The lowest BCUT2D eigenvalue weighted by Crippen LogP contribution is -2.01. The van der Waals surface area contributed by atoms with Crippen molar-refractivity contribution >= 4 is 11.8 Å². The lowest BCUT2D eigenvalue weighted by atomic mass is 10.5. The summed E-state index contributed by atoms with van der Waals surface area (Å²) in [4.78, 5) is 17.2. The Morgan fingerprint density at radius 1 is 1.50 bits per heavy atom. The van der Waals surface area contributed by atoms with Crippen molar-refractivity contribution in [1.82, 2.24) is 9.97 Å². The zero-order valence-corrected chi connectivity index (χ0v) is 4.98. The lowest BCUT2D eigenvalue weighted by Gasteiger charge is -1.91. The fourth-order valence-corrected chi connectivity index (χ4v) is 0.448. The Morgan fingerprint density at radius 2 is 2.20 bits per heavy atom. The third kappa shape index (κ3) is 1.19. The molecule has 5 heteroatoms. The van der Waals surface area contributed by atoms with Gasteiger partial charge >= 0.3 is 5.97 Å². The Kier molecular flexibility index (Phi) is 1.49. The van der Waals surface area contributed by atoms with Gasteiger partial charge in [0.2, 0.25) is 0 Å². The van der Waals surface area contributed by atoms with Gasteiger partial charge < -0.3 is 10.8 Å². The van der Waals surface area contributed by atoms with Crippen molar-refractivity contribution in [3.8, 4) is 0 Å². The second kappa shape index (κ2) is 2.30. The number of anilines is 1. The standard InChI is InChI=1S/C5H5N3O2/c6-4-2-7-3(1-8-4)5(9)10/h1-2H,(H2,6,8)(H,9,10). The summed E-state index contributed by atoms with van der Waals surface area (Å²) in [7, 11) is 0. The second-order valence-electron chi connectivity index (χ2n) is 1.63. The molecular weight excluding hydrogens is 134 g/mol. The zero-order chi connectivity index (χ0) is 7.56. The van der Waals surface area contributed by atoms with Gasteiger partial charge in [0.1, 0.15) is 5.82 Å². The molecule has 52 valence electrons. The molecule has 0 spiro atoms. The fraction of sp³-hybridized carbons (Fsp3) is 0. The highest BCUT2D eigenvalue weighted by atomic mass is 16.4. The molecule has 0 aliphatic rings. The van der Waals surface area contributed by atoms with Crippen LogP contribution >= 0.6 is 0 Å². The molecule has 0 aromatic carbocycles. The number of carbonyl (C=O) groups is 1. The van der Waals surface area contributed by atoms with Crippen molar-refractivity contribution in [2.45, 2.75) is 0 Å². The zero-order valence-electron chi connectivity index (χ0n) is 4.98. The van der Waals surface area contributed by atoms with Crippen LogP contribution in [0.4, 0.5) is 5.82 Å². The summed E-state index contributed by atoms with van der Waals surface area (Å²) < 4.78 is 0. The third-order valence-corrected chi connectivity index (χ3v) is 0.891. The summed E-state index contributed by atoms with van der Waals surface area (Å²) in [6.07, 6.45) is 2.31. The second-order valence-corrected chi connectivity index (χ2v) is 1.63. The molecule has 0 aliphatic heterocycles. The maximum absolute atomic E-state index is 10.2. The van der Waals surface area contributed by atoms with Crippen LogP contribution in [0.1, 0.15) is 10.5 Å². The minimum atomic E-state index is -1.10. The number of hydrogen-bond donors (Lipinski definition) is 2. The number of aromatic carboxylic acids is 1. The number of nitrogens with zero attached hydrogens (tertiary/aromatic N) is 2. The molecule has 1 aromatic rings. The minimum Gasteiger partial charge on any atom is -0.476 e. The average Bonchev–Trinajstić information content (AvgIpc) is 1.88. The van der Waals surface area contributed by atoms with E-state index in [4.69, 9.17) is 10.8 Å². The van der Waals surface area contributed by atoms with Crippen molar-refractivity contribution in [2.75, 3.05) is 5.73 Å². The lowest BCUT2D eigenvalue weighted by molar-refractivity contribution is 0.0690. The van der Waals surface area contributed by atoms with Gasteiger partial charge in [-0.1, -0.05) is 0 Å². The van der Waals surface area contributed by atoms with Crippen molar-refractivity contribution in [3.05, 3.63) is 18.1 Å². The average molecular weight is 139 g/mol. The molecular formula is C5H5N3O2. The van der Waals surface area contributed by atoms with Crippen LogP contribution in [0, 0.1) is 0 Å². The van der Waals surface area contributed by atoms with Gasteiger partial charge in [-0.3, -0.25) is 0 Å². The highest BCUT2D eigenvalue weighted by molar-refractivity contribution is 5.84. The van der Waals surface area contributed by atoms with Gasteiger partial charge in [-0.05, 0) is 0 Å². The van der Waals surface area contributed by atoms with Gasteiger partial charge in [0, 0.05) is 0 Å². The predicted molar refractivity (Wildman–Crippen MR) is 33.4 cm³/mol. The number of carboxylic acids is 1. The van der Waals surface area contributed by atoms with E-state index in [-0.39, 0.29) is 11.5 Å². The molecule has 0 saturated heterocycles. The molecule has 0 amide bonds. The summed E-state index contributed by atoms with van der Waals surface area (Å²) >= 11 is 0. The normalized spacial score (nSPS) is 9.20. The number of nitrogens with two attached hydrogens (primary N) is 1. The largest absolute Gasteiger partial charge is 0.476 e. The Balaban J connectivity index is 3.00. The molecule has 1 aromatic heterocycles. The monoisotopic (exact) mass is 139 g/mol. The summed E-state index contributed by atoms with van der Waals surface area (Å²) in [6.45, 7) is 0. The highest BCUT2D eigenvalue weighted by Gasteiger charge is 2.02. The first-order valence-corrected chi connectivity index (χ1v) is 2.51. The Bertz CT molecular complexity index is 244. The van der Waals surface area contributed by atoms with Crippen molar-refractivity contribution in [1.29, 1.82) is 0 Å². The first kappa shape index (κ1) is 6.47. The van der Waals surface area contributed by atoms with Crippen LogP contribution in [0.15, 0.2) is 12.4 Å². The smallest absolute Gasteiger partial charge is 0.356 e.